The maximum Gasteiger partial charge on any atom is 0.0690 e. The van der Waals surface area contributed by atoms with Crippen LogP contribution in [0.5, 0.6) is 0 Å². The van der Waals surface area contributed by atoms with Crippen molar-refractivity contribution >= 4 is 11.8 Å². The van der Waals surface area contributed by atoms with E-state index >= 15 is 0 Å². The standard InChI is InChI=1S/C10H21NOS/c1-8(2)10(12)6-11-4-5-13-7-9(11)3/h8-10,12H,4-7H2,1-3H3. The molecular formula is C10H21NOS. The lowest BCUT2D eigenvalue weighted by Gasteiger charge is -2.35. The van der Waals surface area contributed by atoms with Crippen molar-refractivity contribution in [1.29, 1.82) is 0 Å². The molecule has 2 unspecified atom stereocenters. The summed E-state index contributed by atoms with van der Waals surface area (Å²) in [6.07, 6.45) is -0.162. The van der Waals surface area contributed by atoms with Crippen LogP contribution < -0.4 is 0 Å². The number of β-amino-alcohol motifs (C(OH)–C–C–N with tert-alkyl or cyclic N) is 1. The van der Waals surface area contributed by atoms with E-state index in [9.17, 15) is 5.11 Å². The Labute approximate surface area is 85.7 Å². The van der Waals surface area contributed by atoms with Gasteiger partial charge in [-0.1, -0.05) is 13.8 Å². The number of thioether (sulfide) groups is 1. The van der Waals surface area contributed by atoms with Crippen LogP contribution in [0.2, 0.25) is 0 Å². The van der Waals surface area contributed by atoms with Crippen LogP contribution in [0.4, 0.5) is 0 Å². The minimum Gasteiger partial charge on any atom is -0.392 e. The monoisotopic (exact) mass is 203 g/mol. The van der Waals surface area contributed by atoms with Crippen LogP contribution in [0.25, 0.3) is 0 Å². The van der Waals surface area contributed by atoms with Gasteiger partial charge in [0.25, 0.3) is 0 Å². The van der Waals surface area contributed by atoms with Crippen molar-refractivity contribution in [1.82, 2.24) is 4.90 Å². The van der Waals surface area contributed by atoms with Crippen molar-refractivity contribution in [3.8, 4) is 0 Å². The van der Waals surface area contributed by atoms with Crippen LogP contribution in [-0.4, -0.2) is 46.7 Å². The van der Waals surface area contributed by atoms with Gasteiger partial charge in [0, 0.05) is 30.6 Å². The number of hydrogen-bond acceptors (Lipinski definition) is 3. The van der Waals surface area contributed by atoms with Crippen molar-refractivity contribution < 1.29 is 5.11 Å². The lowest BCUT2D eigenvalue weighted by molar-refractivity contribution is 0.0660. The quantitative estimate of drug-likeness (QED) is 0.751. The Balaban J connectivity index is 2.33. The van der Waals surface area contributed by atoms with Gasteiger partial charge in [0.05, 0.1) is 6.10 Å². The lowest BCUT2D eigenvalue weighted by Crippen LogP contribution is -2.45. The first-order chi connectivity index (χ1) is 6.11. The lowest BCUT2D eigenvalue weighted by atomic mass is 10.1. The van der Waals surface area contributed by atoms with E-state index in [4.69, 9.17) is 0 Å². The molecule has 0 bridgehead atoms. The summed E-state index contributed by atoms with van der Waals surface area (Å²) in [4.78, 5) is 2.40. The Morgan fingerprint density at radius 2 is 2.23 bits per heavy atom. The first kappa shape index (κ1) is 11.3. The third kappa shape index (κ3) is 3.49. The summed E-state index contributed by atoms with van der Waals surface area (Å²) in [6.45, 7) is 8.39. The van der Waals surface area contributed by atoms with Crippen LogP contribution in [0, 0.1) is 5.92 Å². The second kappa shape index (κ2) is 5.23. The van der Waals surface area contributed by atoms with E-state index in [1.807, 2.05) is 11.8 Å². The predicted octanol–water partition coefficient (Wildman–Crippen LogP) is 1.44. The summed E-state index contributed by atoms with van der Waals surface area (Å²) < 4.78 is 0. The van der Waals surface area contributed by atoms with Gasteiger partial charge in [0.1, 0.15) is 0 Å². The molecule has 1 aliphatic rings. The topological polar surface area (TPSA) is 23.5 Å². The van der Waals surface area contributed by atoms with Crippen molar-refractivity contribution in [3.05, 3.63) is 0 Å². The highest BCUT2D eigenvalue weighted by Gasteiger charge is 2.22. The van der Waals surface area contributed by atoms with E-state index in [1.54, 1.807) is 0 Å². The second-order valence-electron chi connectivity index (χ2n) is 4.23. The fourth-order valence-corrected chi connectivity index (χ4v) is 2.57. The third-order valence-corrected chi connectivity index (χ3v) is 3.89. The number of rotatable bonds is 3. The number of aliphatic hydroxyl groups excluding tert-OH is 1. The summed E-state index contributed by atoms with van der Waals surface area (Å²) in [5, 5.41) is 9.75. The van der Waals surface area contributed by atoms with E-state index in [2.05, 4.69) is 25.7 Å². The molecule has 2 nitrogen and oxygen atoms in total. The van der Waals surface area contributed by atoms with E-state index in [-0.39, 0.29) is 6.10 Å². The Morgan fingerprint density at radius 3 is 2.77 bits per heavy atom. The molecule has 0 spiro atoms. The van der Waals surface area contributed by atoms with Gasteiger partial charge in [-0.15, -0.1) is 0 Å². The molecule has 0 radical (unpaired) electrons. The molecule has 1 heterocycles. The molecule has 1 N–H and O–H groups in total. The average molecular weight is 203 g/mol. The van der Waals surface area contributed by atoms with Crippen LogP contribution in [0.15, 0.2) is 0 Å². The van der Waals surface area contributed by atoms with Crippen LogP contribution in [0.1, 0.15) is 20.8 Å². The molecule has 2 atom stereocenters. The Kier molecular flexibility index (Phi) is 4.56. The predicted molar refractivity (Wildman–Crippen MR) is 59.2 cm³/mol. The van der Waals surface area contributed by atoms with Crippen molar-refractivity contribution in [2.24, 2.45) is 5.92 Å². The molecule has 13 heavy (non-hydrogen) atoms. The molecule has 1 saturated heterocycles. The summed E-state index contributed by atoms with van der Waals surface area (Å²) in [5.41, 5.74) is 0. The molecule has 1 fully saturated rings. The zero-order valence-corrected chi connectivity index (χ0v) is 9.68. The molecule has 78 valence electrons. The molecule has 0 aromatic rings. The Hall–Kier alpha value is 0.270. The largest absolute Gasteiger partial charge is 0.392 e. The number of nitrogens with zero attached hydrogens (tertiary/aromatic N) is 1. The van der Waals surface area contributed by atoms with Crippen molar-refractivity contribution in [2.45, 2.75) is 32.9 Å². The van der Waals surface area contributed by atoms with E-state index in [0.29, 0.717) is 12.0 Å². The molecule has 0 aromatic heterocycles. The maximum atomic E-state index is 9.75. The Morgan fingerprint density at radius 1 is 1.54 bits per heavy atom. The smallest absolute Gasteiger partial charge is 0.0690 e. The van der Waals surface area contributed by atoms with Gasteiger partial charge in [-0.2, -0.15) is 11.8 Å². The highest BCUT2D eigenvalue weighted by atomic mass is 32.2. The molecule has 0 aliphatic carbocycles. The van der Waals surface area contributed by atoms with Gasteiger partial charge in [0.15, 0.2) is 0 Å². The van der Waals surface area contributed by atoms with Gasteiger partial charge in [-0.05, 0) is 12.8 Å². The molecular weight excluding hydrogens is 182 g/mol. The van der Waals surface area contributed by atoms with E-state index < -0.39 is 0 Å². The zero-order chi connectivity index (χ0) is 9.84. The first-order valence-electron chi connectivity index (χ1n) is 5.11. The molecule has 3 heteroatoms. The van der Waals surface area contributed by atoms with E-state index in [0.717, 1.165) is 13.1 Å². The molecule has 1 rings (SSSR count). The first-order valence-corrected chi connectivity index (χ1v) is 6.26. The highest BCUT2D eigenvalue weighted by Crippen LogP contribution is 2.17. The maximum absolute atomic E-state index is 9.75. The van der Waals surface area contributed by atoms with Gasteiger partial charge < -0.3 is 5.11 Å². The van der Waals surface area contributed by atoms with Crippen LogP contribution >= 0.6 is 11.8 Å². The number of aliphatic hydroxyl groups is 1. The summed E-state index contributed by atoms with van der Waals surface area (Å²) >= 11 is 2.02. The van der Waals surface area contributed by atoms with Gasteiger partial charge in [-0.25, -0.2) is 0 Å². The van der Waals surface area contributed by atoms with Gasteiger partial charge in [0.2, 0.25) is 0 Å². The van der Waals surface area contributed by atoms with Crippen molar-refractivity contribution in [2.75, 3.05) is 24.6 Å². The normalized spacial score (nSPS) is 27.9. The molecule has 0 amide bonds. The SMILES string of the molecule is CC(C)C(O)CN1CCSCC1C. The third-order valence-electron chi connectivity index (χ3n) is 2.70. The summed E-state index contributed by atoms with van der Waals surface area (Å²) in [5.74, 6) is 2.81. The average Bonchev–Trinajstić information content (AvgIpc) is 2.08. The van der Waals surface area contributed by atoms with Crippen molar-refractivity contribution in [3.63, 3.8) is 0 Å². The Bertz CT molecular complexity index is 152. The highest BCUT2D eigenvalue weighted by molar-refractivity contribution is 7.99. The van der Waals surface area contributed by atoms with E-state index in [1.165, 1.54) is 11.5 Å². The second-order valence-corrected chi connectivity index (χ2v) is 5.38. The minimum atomic E-state index is -0.162. The molecule has 1 aliphatic heterocycles. The molecule has 0 aromatic carbocycles. The van der Waals surface area contributed by atoms with Gasteiger partial charge >= 0.3 is 0 Å². The fraction of sp³-hybridized carbons (Fsp3) is 1.00. The fourth-order valence-electron chi connectivity index (χ4n) is 1.48. The zero-order valence-electron chi connectivity index (χ0n) is 8.86. The molecule has 0 saturated carbocycles. The van der Waals surface area contributed by atoms with Crippen LogP contribution in [0.3, 0.4) is 0 Å². The number of hydrogen-bond donors (Lipinski definition) is 1. The van der Waals surface area contributed by atoms with Crippen LogP contribution in [-0.2, 0) is 0 Å². The summed E-state index contributed by atoms with van der Waals surface area (Å²) in [6, 6.07) is 0.632. The minimum absolute atomic E-state index is 0.162. The summed E-state index contributed by atoms with van der Waals surface area (Å²) in [7, 11) is 0. The van der Waals surface area contributed by atoms with Gasteiger partial charge in [-0.3, -0.25) is 4.90 Å².